The summed E-state index contributed by atoms with van der Waals surface area (Å²) in [7, 11) is 0. The van der Waals surface area contributed by atoms with E-state index < -0.39 is 11.1 Å². The van der Waals surface area contributed by atoms with E-state index in [1.807, 2.05) is 6.07 Å². The van der Waals surface area contributed by atoms with E-state index in [4.69, 9.17) is 0 Å². The number of alkyl halides is 1. The lowest BCUT2D eigenvalue weighted by atomic mass is 10.2. The van der Waals surface area contributed by atoms with Crippen molar-refractivity contribution in [1.82, 2.24) is 14.9 Å². The normalized spacial score (nSPS) is 18.0. The molecule has 0 amide bonds. The van der Waals surface area contributed by atoms with Gasteiger partial charge in [0.05, 0.1) is 10.5 Å². The number of pyridine rings is 1. The van der Waals surface area contributed by atoms with Crippen LogP contribution in [0, 0.1) is 10.1 Å². The molecule has 2 aromatic heterocycles. The number of aromatic nitrogens is 2. The third kappa shape index (κ3) is 3.22. The molecular weight excluding hydrogens is 343 g/mol. The molecule has 1 saturated heterocycles. The maximum atomic E-state index is 13.3. The van der Waals surface area contributed by atoms with Crippen molar-refractivity contribution in [3.05, 3.63) is 52.2 Å². The maximum absolute atomic E-state index is 13.3. The Morgan fingerprint density at radius 3 is 3.00 bits per heavy atom. The molecule has 3 aromatic rings. The summed E-state index contributed by atoms with van der Waals surface area (Å²) in [6.07, 6.45) is 1.60. The van der Waals surface area contributed by atoms with Crippen molar-refractivity contribution < 1.29 is 9.31 Å². The summed E-state index contributed by atoms with van der Waals surface area (Å²) in [5.74, 6) is 0. The molecule has 3 heterocycles. The summed E-state index contributed by atoms with van der Waals surface area (Å²) in [5, 5.41) is 11.8. The molecule has 0 radical (unpaired) electrons. The summed E-state index contributed by atoms with van der Waals surface area (Å²) in [6.45, 7) is 1.84. The summed E-state index contributed by atoms with van der Waals surface area (Å²) >= 11 is 1.33. The van der Waals surface area contributed by atoms with Gasteiger partial charge in [0.15, 0.2) is 0 Å². The van der Waals surface area contributed by atoms with Crippen LogP contribution in [-0.2, 0) is 6.54 Å². The van der Waals surface area contributed by atoms with Gasteiger partial charge in [0.25, 0.3) is 5.69 Å². The zero-order valence-corrected chi connectivity index (χ0v) is 14.1. The number of thiazole rings is 1. The fraction of sp³-hybridized carbons (Fsp3) is 0.294. The summed E-state index contributed by atoms with van der Waals surface area (Å²) in [6, 6.07) is 8.50. The quantitative estimate of drug-likeness (QED) is 0.524. The van der Waals surface area contributed by atoms with Gasteiger partial charge in [-0.1, -0.05) is 23.5 Å². The first kappa shape index (κ1) is 16.0. The topological polar surface area (TPSA) is 72.2 Å². The molecule has 1 atom stereocenters. The number of nitro benzene ring substituents is 1. The number of hydrogen-bond acceptors (Lipinski definition) is 6. The Kier molecular flexibility index (Phi) is 4.14. The van der Waals surface area contributed by atoms with E-state index in [0.717, 1.165) is 16.9 Å². The van der Waals surface area contributed by atoms with E-state index in [2.05, 4.69) is 14.9 Å². The van der Waals surface area contributed by atoms with Gasteiger partial charge in [-0.3, -0.25) is 15.0 Å². The molecule has 0 N–H and O–H groups in total. The number of halogens is 1. The first-order valence-electron chi connectivity index (χ1n) is 7.96. The van der Waals surface area contributed by atoms with E-state index in [9.17, 15) is 14.5 Å². The predicted octanol–water partition coefficient (Wildman–Crippen LogP) is 3.81. The first-order valence-corrected chi connectivity index (χ1v) is 8.77. The molecule has 1 aliphatic heterocycles. The third-order valence-electron chi connectivity index (χ3n) is 4.26. The second-order valence-corrected chi connectivity index (χ2v) is 7.06. The maximum Gasteiger partial charge on any atom is 0.279 e. The average Bonchev–Trinajstić information content (AvgIpc) is 3.20. The molecule has 0 bridgehead atoms. The SMILES string of the molecule is O=[N+]([O-])c1ccccc1-c1nc2cc(CN3CCC(F)C3)cnc2s1. The fourth-order valence-electron chi connectivity index (χ4n) is 3.07. The lowest BCUT2D eigenvalue weighted by Gasteiger charge is -2.13. The van der Waals surface area contributed by atoms with Crippen molar-refractivity contribution in [2.75, 3.05) is 13.1 Å². The highest BCUT2D eigenvalue weighted by molar-refractivity contribution is 7.21. The Morgan fingerprint density at radius 2 is 2.24 bits per heavy atom. The van der Waals surface area contributed by atoms with Crippen LogP contribution in [0.3, 0.4) is 0 Å². The Hall–Kier alpha value is -2.45. The molecule has 1 aliphatic rings. The monoisotopic (exact) mass is 358 g/mol. The Bertz CT molecular complexity index is 945. The van der Waals surface area contributed by atoms with Crippen LogP contribution in [0.25, 0.3) is 20.9 Å². The minimum Gasteiger partial charge on any atom is -0.296 e. The molecule has 0 aliphatic carbocycles. The lowest BCUT2D eigenvalue weighted by Crippen LogP contribution is -2.20. The van der Waals surface area contributed by atoms with Crippen LogP contribution in [0.4, 0.5) is 10.1 Å². The van der Waals surface area contributed by atoms with Gasteiger partial charge in [-0.05, 0) is 24.1 Å². The van der Waals surface area contributed by atoms with Crippen LogP contribution < -0.4 is 0 Å². The summed E-state index contributed by atoms with van der Waals surface area (Å²) < 4.78 is 13.3. The number of nitrogens with zero attached hydrogens (tertiary/aromatic N) is 4. The Labute approximate surface area is 147 Å². The number of hydrogen-bond donors (Lipinski definition) is 0. The van der Waals surface area contributed by atoms with E-state index >= 15 is 0 Å². The molecule has 6 nitrogen and oxygen atoms in total. The second-order valence-electron chi connectivity index (χ2n) is 6.08. The summed E-state index contributed by atoms with van der Waals surface area (Å²) in [5.41, 5.74) is 2.22. The van der Waals surface area contributed by atoms with Crippen LogP contribution in [-0.4, -0.2) is 39.1 Å². The molecule has 4 rings (SSSR count). The molecule has 25 heavy (non-hydrogen) atoms. The molecule has 8 heteroatoms. The third-order valence-corrected chi connectivity index (χ3v) is 5.27. The second kappa shape index (κ2) is 6.45. The predicted molar refractivity (Wildman–Crippen MR) is 94.3 cm³/mol. The number of para-hydroxylation sites is 1. The van der Waals surface area contributed by atoms with E-state index in [1.54, 1.807) is 24.4 Å². The van der Waals surface area contributed by atoms with Gasteiger partial charge in [-0.2, -0.15) is 0 Å². The van der Waals surface area contributed by atoms with E-state index in [1.165, 1.54) is 17.4 Å². The van der Waals surface area contributed by atoms with Gasteiger partial charge < -0.3 is 0 Å². The van der Waals surface area contributed by atoms with Gasteiger partial charge in [-0.25, -0.2) is 14.4 Å². The zero-order valence-electron chi connectivity index (χ0n) is 13.3. The standard InChI is InChI=1S/C17H15FN4O2S/c18-12-5-6-21(10-12)9-11-7-14-17(19-8-11)25-16(20-14)13-3-1-2-4-15(13)22(23)24/h1-4,7-8,12H,5-6,9-10H2. The van der Waals surface area contributed by atoms with E-state index in [0.29, 0.717) is 35.6 Å². The Morgan fingerprint density at radius 1 is 1.40 bits per heavy atom. The highest BCUT2D eigenvalue weighted by Gasteiger charge is 2.22. The number of nitro groups is 1. The van der Waals surface area contributed by atoms with Crippen molar-refractivity contribution in [1.29, 1.82) is 0 Å². The molecule has 1 aromatic carbocycles. The average molecular weight is 358 g/mol. The van der Waals surface area contributed by atoms with Crippen molar-refractivity contribution in [2.45, 2.75) is 19.1 Å². The zero-order chi connectivity index (χ0) is 17.4. The lowest BCUT2D eigenvalue weighted by molar-refractivity contribution is -0.384. The van der Waals surface area contributed by atoms with Gasteiger partial charge in [0.2, 0.25) is 0 Å². The minimum absolute atomic E-state index is 0.0350. The van der Waals surface area contributed by atoms with Crippen LogP contribution in [0.1, 0.15) is 12.0 Å². The van der Waals surface area contributed by atoms with Gasteiger partial charge in [-0.15, -0.1) is 0 Å². The van der Waals surface area contributed by atoms with Crippen molar-refractivity contribution in [3.63, 3.8) is 0 Å². The van der Waals surface area contributed by atoms with Gasteiger partial charge in [0.1, 0.15) is 21.5 Å². The number of rotatable bonds is 4. The largest absolute Gasteiger partial charge is 0.296 e. The molecule has 1 unspecified atom stereocenters. The fourth-order valence-corrected chi connectivity index (χ4v) is 3.99. The van der Waals surface area contributed by atoms with E-state index in [-0.39, 0.29) is 5.69 Å². The van der Waals surface area contributed by atoms with Crippen molar-refractivity contribution >= 4 is 27.4 Å². The first-order chi connectivity index (χ1) is 12.1. The highest BCUT2D eigenvalue weighted by atomic mass is 32.1. The Balaban J connectivity index is 1.66. The summed E-state index contributed by atoms with van der Waals surface area (Å²) in [4.78, 5) is 22.6. The molecule has 1 fully saturated rings. The molecule has 128 valence electrons. The molecule has 0 saturated carbocycles. The van der Waals surface area contributed by atoms with Crippen molar-refractivity contribution in [2.24, 2.45) is 0 Å². The van der Waals surface area contributed by atoms with Crippen LogP contribution in [0.2, 0.25) is 0 Å². The highest BCUT2D eigenvalue weighted by Crippen LogP contribution is 2.34. The molecular formula is C17H15FN4O2S. The minimum atomic E-state index is -0.749. The van der Waals surface area contributed by atoms with Gasteiger partial charge >= 0.3 is 0 Å². The number of benzene rings is 1. The van der Waals surface area contributed by atoms with Crippen molar-refractivity contribution in [3.8, 4) is 10.6 Å². The molecule has 0 spiro atoms. The number of fused-ring (bicyclic) bond motifs is 1. The van der Waals surface area contributed by atoms with Crippen LogP contribution in [0.5, 0.6) is 0 Å². The number of likely N-dealkylation sites (tertiary alicyclic amines) is 1. The van der Waals surface area contributed by atoms with Gasteiger partial charge in [0, 0.05) is 31.9 Å². The van der Waals surface area contributed by atoms with Crippen LogP contribution in [0.15, 0.2) is 36.5 Å². The smallest absolute Gasteiger partial charge is 0.279 e. The van der Waals surface area contributed by atoms with Crippen LogP contribution >= 0.6 is 11.3 Å².